The molecule has 7 nitrogen and oxygen atoms in total. The van der Waals surface area contributed by atoms with Crippen molar-refractivity contribution in [2.45, 2.75) is 6.92 Å². The lowest BCUT2D eigenvalue weighted by Gasteiger charge is -2.38. The first-order valence-corrected chi connectivity index (χ1v) is 9.99. The van der Waals surface area contributed by atoms with Crippen LogP contribution >= 0.6 is 0 Å². The fourth-order valence-corrected chi connectivity index (χ4v) is 3.99. The summed E-state index contributed by atoms with van der Waals surface area (Å²) in [5, 5.41) is 0. The number of nitrogens with two attached hydrogens (primary N) is 1. The zero-order chi connectivity index (χ0) is 19.5. The van der Waals surface area contributed by atoms with Crippen LogP contribution in [0.25, 0.3) is 0 Å². The summed E-state index contributed by atoms with van der Waals surface area (Å²) in [4.78, 5) is 18.1. The van der Waals surface area contributed by atoms with Crippen molar-refractivity contribution < 1.29 is 4.39 Å². The van der Waals surface area contributed by atoms with Crippen molar-refractivity contribution in [2.24, 2.45) is 0 Å². The molecule has 2 fully saturated rings. The van der Waals surface area contributed by atoms with Crippen LogP contribution in [-0.4, -0.2) is 73.8 Å². The maximum absolute atomic E-state index is 13.2. The molecule has 1 aromatic heterocycles. The van der Waals surface area contributed by atoms with Gasteiger partial charge in [0.15, 0.2) is 11.6 Å². The molecule has 2 aliphatic heterocycles. The quantitative estimate of drug-likeness (QED) is 0.859. The molecule has 2 N–H and O–H groups in total. The van der Waals surface area contributed by atoms with Gasteiger partial charge in [-0.3, -0.25) is 0 Å². The average Bonchev–Trinajstić information content (AvgIpc) is 2.75. The monoisotopic (exact) mass is 385 g/mol. The molecule has 0 radical (unpaired) electrons. The molecule has 0 atom stereocenters. The molecule has 0 spiro atoms. The molecule has 0 bridgehead atoms. The summed E-state index contributed by atoms with van der Waals surface area (Å²) in [5.41, 5.74) is 8.21. The van der Waals surface area contributed by atoms with Crippen molar-refractivity contribution in [3.63, 3.8) is 0 Å². The third-order valence-electron chi connectivity index (χ3n) is 5.73. The Morgan fingerprint density at radius 3 is 1.86 bits per heavy atom. The maximum Gasteiger partial charge on any atom is 0.157 e. The van der Waals surface area contributed by atoms with E-state index in [1.54, 1.807) is 6.33 Å². The van der Waals surface area contributed by atoms with E-state index >= 15 is 0 Å². The third kappa shape index (κ3) is 3.82. The number of hydrogen-bond acceptors (Lipinski definition) is 7. The Bertz CT molecular complexity index is 782. The number of likely N-dealkylation sites (N-methyl/N-ethyl adjacent to an activating group) is 1. The lowest BCUT2D eigenvalue weighted by atomic mass is 10.2. The highest BCUT2D eigenvalue weighted by atomic mass is 19.1. The fraction of sp³-hybridized carbons (Fsp3) is 0.500. The largest absolute Gasteiger partial charge is 0.393 e. The van der Waals surface area contributed by atoms with Gasteiger partial charge in [-0.1, -0.05) is 6.92 Å². The molecule has 0 amide bonds. The van der Waals surface area contributed by atoms with Crippen molar-refractivity contribution in [1.29, 1.82) is 0 Å². The highest BCUT2D eigenvalue weighted by Crippen LogP contribution is 2.30. The van der Waals surface area contributed by atoms with E-state index < -0.39 is 0 Å². The van der Waals surface area contributed by atoms with E-state index in [0.29, 0.717) is 5.69 Å². The fourth-order valence-electron chi connectivity index (χ4n) is 3.99. The van der Waals surface area contributed by atoms with Gasteiger partial charge in [-0.25, -0.2) is 14.4 Å². The van der Waals surface area contributed by atoms with E-state index in [9.17, 15) is 4.39 Å². The molecule has 2 aromatic rings. The first-order chi connectivity index (χ1) is 13.7. The summed E-state index contributed by atoms with van der Waals surface area (Å²) in [6.07, 6.45) is 1.62. The molecule has 2 saturated heterocycles. The molecule has 0 aliphatic carbocycles. The second kappa shape index (κ2) is 8.18. The summed E-state index contributed by atoms with van der Waals surface area (Å²) in [6.45, 7) is 10.6. The zero-order valence-corrected chi connectivity index (χ0v) is 16.4. The minimum atomic E-state index is -0.205. The SMILES string of the molecule is CCN1CCN(c2ncnc(N3CCN(c4ccc(F)cc4)CC3)c2N)CC1. The topological polar surface area (TPSA) is 64.8 Å². The first-order valence-electron chi connectivity index (χ1n) is 9.99. The van der Waals surface area contributed by atoms with Gasteiger partial charge in [0.1, 0.15) is 17.8 Å². The summed E-state index contributed by atoms with van der Waals surface area (Å²) >= 11 is 0. The third-order valence-corrected chi connectivity index (χ3v) is 5.73. The molecule has 0 saturated carbocycles. The Labute approximate surface area is 165 Å². The minimum absolute atomic E-state index is 0.205. The number of benzene rings is 1. The zero-order valence-electron chi connectivity index (χ0n) is 16.4. The highest BCUT2D eigenvalue weighted by molar-refractivity contribution is 5.76. The lowest BCUT2D eigenvalue weighted by Crippen LogP contribution is -2.48. The Morgan fingerprint density at radius 1 is 0.821 bits per heavy atom. The number of nitrogens with zero attached hydrogens (tertiary/aromatic N) is 6. The van der Waals surface area contributed by atoms with E-state index in [-0.39, 0.29) is 5.82 Å². The van der Waals surface area contributed by atoms with Crippen molar-refractivity contribution in [3.8, 4) is 0 Å². The minimum Gasteiger partial charge on any atom is -0.393 e. The van der Waals surface area contributed by atoms with Crippen LogP contribution in [0.1, 0.15) is 6.92 Å². The van der Waals surface area contributed by atoms with Crippen molar-refractivity contribution in [2.75, 3.05) is 79.3 Å². The van der Waals surface area contributed by atoms with Gasteiger partial charge in [-0.05, 0) is 30.8 Å². The Hall–Kier alpha value is -2.61. The van der Waals surface area contributed by atoms with E-state index in [1.807, 2.05) is 12.1 Å². The summed E-state index contributed by atoms with van der Waals surface area (Å²) in [7, 11) is 0. The van der Waals surface area contributed by atoms with Gasteiger partial charge in [0.25, 0.3) is 0 Å². The van der Waals surface area contributed by atoms with Crippen LogP contribution in [0.3, 0.4) is 0 Å². The lowest BCUT2D eigenvalue weighted by molar-refractivity contribution is 0.270. The highest BCUT2D eigenvalue weighted by Gasteiger charge is 2.24. The van der Waals surface area contributed by atoms with Gasteiger partial charge in [0.2, 0.25) is 0 Å². The predicted molar refractivity (Wildman–Crippen MR) is 112 cm³/mol. The Kier molecular flexibility index (Phi) is 5.47. The standard InChI is InChI=1S/C20H28FN7/c1-2-25-7-9-27(10-8-25)19-18(22)20(24-15-23-19)28-13-11-26(12-14-28)17-5-3-16(21)4-6-17/h3-6,15H,2,7-14,22H2,1H3. The molecular weight excluding hydrogens is 357 g/mol. The number of hydrogen-bond donors (Lipinski definition) is 1. The van der Waals surface area contributed by atoms with Crippen LogP contribution in [0, 0.1) is 5.82 Å². The van der Waals surface area contributed by atoms with Gasteiger partial charge in [-0.2, -0.15) is 0 Å². The molecule has 4 rings (SSSR count). The smallest absolute Gasteiger partial charge is 0.157 e. The molecule has 0 unspecified atom stereocenters. The normalized spacial score (nSPS) is 18.6. The van der Waals surface area contributed by atoms with Crippen LogP contribution in [0.15, 0.2) is 30.6 Å². The van der Waals surface area contributed by atoms with Gasteiger partial charge >= 0.3 is 0 Å². The molecule has 8 heteroatoms. The van der Waals surface area contributed by atoms with Crippen molar-refractivity contribution in [3.05, 3.63) is 36.4 Å². The molecule has 150 valence electrons. The average molecular weight is 385 g/mol. The second-order valence-corrected chi connectivity index (χ2v) is 7.31. The van der Waals surface area contributed by atoms with Gasteiger partial charge in [0.05, 0.1) is 0 Å². The van der Waals surface area contributed by atoms with E-state index in [4.69, 9.17) is 5.73 Å². The van der Waals surface area contributed by atoms with Crippen molar-refractivity contribution in [1.82, 2.24) is 14.9 Å². The Balaban J connectivity index is 1.43. The number of halogens is 1. The van der Waals surface area contributed by atoms with Crippen LogP contribution in [0.4, 0.5) is 27.4 Å². The predicted octanol–water partition coefficient (Wildman–Crippen LogP) is 1.67. The second-order valence-electron chi connectivity index (χ2n) is 7.31. The van der Waals surface area contributed by atoms with E-state index in [0.717, 1.165) is 76.2 Å². The van der Waals surface area contributed by atoms with Gasteiger partial charge < -0.3 is 25.3 Å². The summed E-state index contributed by atoms with van der Waals surface area (Å²) in [5.74, 6) is 1.46. The molecule has 3 heterocycles. The molecule has 28 heavy (non-hydrogen) atoms. The number of aromatic nitrogens is 2. The molecule has 1 aromatic carbocycles. The van der Waals surface area contributed by atoms with Gasteiger partial charge in [-0.15, -0.1) is 0 Å². The Morgan fingerprint density at radius 2 is 1.32 bits per heavy atom. The number of piperazine rings is 2. The number of anilines is 4. The molecular formula is C20H28FN7. The number of nitrogen functional groups attached to an aromatic ring is 1. The molecule has 2 aliphatic rings. The van der Waals surface area contributed by atoms with Crippen molar-refractivity contribution >= 4 is 23.0 Å². The van der Waals surface area contributed by atoms with Gasteiger partial charge in [0, 0.05) is 58.0 Å². The summed E-state index contributed by atoms with van der Waals surface area (Å²) < 4.78 is 13.2. The number of rotatable bonds is 4. The van der Waals surface area contributed by atoms with Crippen LogP contribution in [-0.2, 0) is 0 Å². The maximum atomic E-state index is 13.2. The summed E-state index contributed by atoms with van der Waals surface area (Å²) in [6, 6.07) is 6.68. The van der Waals surface area contributed by atoms with E-state index in [1.165, 1.54) is 12.1 Å². The van der Waals surface area contributed by atoms with Crippen LogP contribution < -0.4 is 20.4 Å². The first kappa shape index (κ1) is 18.7. The van der Waals surface area contributed by atoms with Crippen LogP contribution in [0.2, 0.25) is 0 Å². The van der Waals surface area contributed by atoms with Crippen LogP contribution in [0.5, 0.6) is 0 Å². The van der Waals surface area contributed by atoms with E-state index in [2.05, 4.69) is 36.5 Å².